The molecule has 0 aliphatic heterocycles. The molecule has 0 spiro atoms. The molecule has 136 valence electrons. The Morgan fingerprint density at radius 1 is 1.36 bits per heavy atom. The van der Waals surface area contributed by atoms with Gasteiger partial charge in [0.05, 0.1) is 12.9 Å². The van der Waals surface area contributed by atoms with Crippen LogP contribution in [-0.4, -0.2) is 50.4 Å². The molecule has 0 bridgehead atoms. The molecule has 2 heterocycles. The molecule has 1 amide bonds. The smallest absolute Gasteiger partial charge is 0.328 e. The van der Waals surface area contributed by atoms with Crippen LogP contribution in [0.15, 0.2) is 11.2 Å². The highest BCUT2D eigenvalue weighted by Crippen LogP contribution is 2.16. The molecule has 2 rings (SSSR count). The monoisotopic (exact) mass is 365 g/mol. The second kappa shape index (κ2) is 8.28. The van der Waals surface area contributed by atoms with Crippen molar-refractivity contribution in [1.29, 1.82) is 0 Å². The molecule has 0 saturated carbocycles. The van der Waals surface area contributed by atoms with E-state index >= 15 is 0 Å². The van der Waals surface area contributed by atoms with Crippen molar-refractivity contribution in [1.82, 2.24) is 24.9 Å². The van der Waals surface area contributed by atoms with Crippen LogP contribution < -0.4 is 5.32 Å². The lowest BCUT2D eigenvalue weighted by atomic mass is 9.99. The van der Waals surface area contributed by atoms with Gasteiger partial charge in [-0.3, -0.25) is 4.79 Å². The van der Waals surface area contributed by atoms with Gasteiger partial charge in [0, 0.05) is 11.4 Å². The fourth-order valence-corrected chi connectivity index (χ4v) is 2.98. The number of carbonyl (C=O) groups excluding carboxylic acids is 2. The maximum Gasteiger partial charge on any atom is 0.328 e. The molecule has 0 radical (unpaired) electrons. The molecule has 0 aliphatic carbocycles. The van der Waals surface area contributed by atoms with E-state index in [1.807, 2.05) is 33.8 Å². The van der Waals surface area contributed by atoms with E-state index in [0.29, 0.717) is 10.9 Å². The van der Waals surface area contributed by atoms with Gasteiger partial charge in [-0.25, -0.2) is 14.3 Å². The second-order valence-electron chi connectivity index (χ2n) is 5.89. The topological polar surface area (TPSA) is 98.5 Å². The zero-order valence-corrected chi connectivity index (χ0v) is 15.9. The van der Waals surface area contributed by atoms with Crippen molar-refractivity contribution in [3.63, 3.8) is 0 Å². The molecular formula is C16H23N5O3S. The molecule has 0 unspecified atom stereocenters. The summed E-state index contributed by atoms with van der Waals surface area (Å²) in [5.74, 6) is -0.0926. The third kappa shape index (κ3) is 4.68. The Morgan fingerprint density at radius 3 is 2.72 bits per heavy atom. The normalized spacial score (nSPS) is 13.5. The number of hydrogen-bond acceptors (Lipinski definition) is 7. The van der Waals surface area contributed by atoms with Crippen LogP contribution in [0.4, 0.5) is 0 Å². The van der Waals surface area contributed by atoms with E-state index in [-0.39, 0.29) is 17.6 Å². The molecule has 2 aromatic heterocycles. The van der Waals surface area contributed by atoms with Gasteiger partial charge >= 0.3 is 5.97 Å². The number of esters is 1. The van der Waals surface area contributed by atoms with Gasteiger partial charge in [0.15, 0.2) is 0 Å². The molecule has 25 heavy (non-hydrogen) atoms. The first-order valence-corrected chi connectivity index (χ1v) is 9.05. The van der Waals surface area contributed by atoms with Crippen molar-refractivity contribution in [3.05, 3.63) is 17.5 Å². The first-order valence-electron chi connectivity index (χ1n) is 8.06. The number of nitrogens with zero attached hydrogens (tertiary/aromatic N) is 4. The van der Waals surface area contributed by atoms with Gasteiger partial charge in [0.1, 0.15) is 6.04 Å². The molecule has 2 aromatic rings. The number of fused-ring (bicyclic) bond motifs is 1. The van der Waals surface area contributed by atoms with Crippen LogP contribution in [0.2, 0.25) is 0 Å². The Labute approximate surface area is 150 Å². The Morgan fingerprint density at radius 2 is 2.08 bits per heavy atom. The Balaban J connectivity index is 2.01. The quantitative estimate of drug-likeness (QED) is 0.587. The predicted molar refractivity (Wildman–Crippen MR) is 94.4 cm³/mol. The van der Waals surface area contributed by atoms with E-state index in [9.17, 15) is 9.59 Å². The van der Waals surface area contributed by atoms with Crippen LogP contribution >= 0.6 is 11.8 Å². The van der Waals surface area contributed by atoms with E-state index in [2.05, 4.69) is 20.4 Å². The standard InChI is InChI=1S/C16H23N5O3S/c1-6-9(2)13(14(23)24-5)18-12(22)8-25-16-19-15-17-10(3)7-11(4)21(15)20-16/h7,9,13H,6,8H2,1-5H3,(H,18,22)/t9-,13-/m1/s1. The van der Waals surface area contributed by atoms with Gasteiger partial charge in [-0.1, -0.05) is 32.0 Å². The Hall–Kier alpha value is -2.16. The summed E-state index contributed by atoms with van der Waals surface area (Å²) < 4.78 is 6.41. The predicted octanol–water partition coefficient (Wildman–Crippen LogP) is 1.54. The number of methoxy groups -OCH3 is 1. The molecule has 8 nitrogen and oxygen atoms in total. The second-order valence-corrected chi connectivity index (χ2v) is 6.83. The van der Waals surface area contributed by atoms with E-state index < -0.39 is 12.0 Å². The highest BCUT2D eigenvalue weighted by molar-refractivity contribution is 7.99. The fraction of sp³-hybridized carbons (Fsp3) is 0.562. The third-order valence-corrected chi connectivity index (χ3v) is 4.75. The van der Waals surface area contributed by atoms with Crippen LogP contribution in [0.1, 0.15) is 31.7 Å². The first kappa shape index (κ1) is 19.2. The zero-order chi connectivity index (χ0) is 18.6. The molecular weight excluding hydrogens is 342 g/mol. The van der Waals surface area contributed by atoms with Gasteiger partial charge in [0.2, 0.25) is 11.1 Å². The highest BCUT2D eigenvalue weighted by atomic mass is 32.2. The Kier molecular flexibility index (Phi) is 6.35. The number of aryl methyl sites for hydroxylation is 2. The van der Waals surface area contributed by atoms with Gasteiger partial charge in [-0.15, -0.1) is 5.10 Å². The lowest BCUT2D eigenvalue weighted by Crippen LogP contribution is -2.46. The number of thioether (sulfide) groups is 1. The number of ether oxygens (including phenoxy) is 1. The highest BCUT2D eigenvalue weighted by Gasteiger charge is 2.26. The summed E-state index contributed by atoms with van der Waals surface area (Å²) in [5, 5.41) is 7.54. The van der Waals surface area contributed by atoms with E-state index in [1.54, 1.807) is 4.52 Å². The fourth-order valence-electron chi connectivity index (χ4n) is 2.35. The van der Waals surface area contributed by atoms with Crippen LogP contribution in [0.3, 0.4) is 0 Å². The van der Waals surface area contributed by atoms with Crippen LogP contribution in [-0.2, 0) is 14.3 Å². The van der Waals surface area contributed by atoms with Crippen molar-refractivity contribution < 1.29 is 14.3 Å². The average Bonchev–Trinajstić information content (AvgIpc) is 2.99. The lowest BCUT2D eigenvalue weighted by Gasteiger charge is -2.21. The molecule has 0 saturated heterocycles. The van der Waals surface area contributed by atoms with E-state index in [4.69, 9.17) is 4.74 Å². The third-order valence-electron chi connectivity index (χ3n) is 3.92. The van der Waals surface area contributed by atoms with Crippen LogP contribution in [0.5, 0.6) is 0 Å². The minimum atomic E-state index is -0.649. The lowest BCUT2D eigenvalue weighted by molar-refractivity contribution is -0.146. The summed E-state index contributed by atoms with van der Waals surface area (Å²) in [4.78, 5) is 32.7. The van der Waals surface area contributed by atoms with Crippen LogP contribution in [0.25, 0.3) is 5.78 Å². The van der Waals surface area contributed by atoms with Gasteiger partial charge in [0.25, 0.3) is 5.78 Å². The number of hydrogen-bond donors (Lipinski definition) is 1. The molecule has 9 heteroatoms. The molecule has 2 atom stereocenters. The average molecular weight is 365 g/mol. The van der Waals surface area contributed by atoms with Crippen molar-refractivity contribution >= 4 is 29.4 Å². The van der Waals surface area contributed by atoms with Crippen molar-refractivity contribution in [2.24, 2.45) is 5.92 Å². The number of carbonyl (C=O) groups is 2. The van der Waals surface area contributed by atoms with E-state index in [0.717, 1.165) is 17.8 Å². The Bertz CT molecular complexity index is 776. The maximum atomic E-state index is 12.2. The van der Waals surface area contributed by atoms with Gasteiger partial charge in [-0.05, 0) is 25.8 Å². The molecule has 0 aromatic carbocycles. The summed E-state index contributed by atoms with van der Waals surface area (Å²) in [5.41, 5.74) is 1.79. The molecule has 0 fully saturated rings. The maximum absolute atomic E-state index is 12.2. The molecule has 1 N–H and O–H groups in total. The van der Waals surface area contributed by atoms with Gasteiger partial charge < -0.3 is 10.1 Å². The number of nitrogens with one attached hydrogen (secondary N) is 1. The SMILES string of the molecule is CC[C@@H](C)[C@@H](NC(=O)CSc1nc2nc(C)cc(C)n2n1)C(=O)OC. The van der Waals surface area contributed by atoms with Crippen LogP contribution in [0, 0.1) is 19.8 Å². The number of amides is 1. The van der Waals surface area contributed by atoms with E-state index in [1.165, 1.54) is 18.9 Å². The van der Waals surface area contributed by atoms with Crippen molar-refractivity contribution in [3.8, 4) is 0 Å². The van der Waals surface area contributed by atoms with Gasteiger partial charge in [-0.2, -0.15) is 4.98 Å². The van der Waals surface area contributed by atoms with Crippen molar-refractivity contribution in [2.75, 3.05) is 12.9 Å². The number of aromatic nitrogens is 4. The minimum absolute atomic E-state index is 0.00968. The van der Waals surface area contributed by atoms with Crippen molar-refractivity contribution in [2.45, 2.75) is 45.3 Å². The summed E-state index contributed by atoms with van der Waals surface area (Å²) >= 11 is 1.20. The number of rotatable bonds is 7. The summed E-state index contributed by atoms with van der Waals surface area (Å²) in [6.07, 6.45) is 0.755. The first-order chi connectivity index (χ1) is 11.8. The minimum Gasteiger partial charge on any atom is -0.467 e. The largest absolute Gasteiger partial charge is 0.467 e. The zero-order valence-electron chi connectivity index (χ0n) is 15.1. The summed E-state index contributed by atoms with van der Waals surface area (Å²) in [7, 11) is 1.32. The summed E-state index contributed by atoms with van der Waals surface area (Å²) in [6, 6.07) is 1.26. The molecule has 0 aliphatic rings. The summed E-state index contributed by atoms with van der Waals surface area (Å²) in [6.45, 7) is 7.67.